The van der Waals surface area contributed by atoms with E-state index in [0.29, 0.717) is 5.11 Å². The van der Waals surface area contributed by atoms with Crippen LogP contribution in [0, 0.1) is 0 Å². The van der Waals surface area contributed by atoms with Crippen LogP contribution < -0.4 is 10.7 Å². The van der Waals surface area contributed by atoms with E-state index >= 15 is 0 Å². The van der Waals surface area contributed by atoms with Crippen molar-refractivity contribution in [2.45, 2.75) is 6.23 Å². The average Bonchev–Trinajstić information content (AvgIpc) is 3.25. The molecule has 4 aromatic rings. The van der Waals surface area contributed by atoms with Crippen LogP contribution >= 0.6 is 12.2 Å². The zero-order valence-electron chi connectivity index (χ0n) is 18.3. The van der Waals surface area contributed by atoms with Gasteiger partial charge in [0.15, 0.2) is 10.9 Å². The second-order valence-electron chi connectivity index (χ2n) is 7.77. The number of anilines is 1. The summed E-state index contributed by atoms with van der Waals surface area (Å²) < 4.78 is 6.58. The highest BCUT2D eigenvalue weighted by molar-refractivity contribution is 7.80. The third-order valence-corrected chi connectivity index (χ3v) is 5.63. The van der Waals surface area contributed by atoms with Gasteiger partial charge in [-0.15, -0.1) is 0 Å². The third-order valence-electron chi connectivity index (χ3n) is 5.44. The van der Waals surface area contributed by atoms with Crippen LogP contribution in [-0.4, -0.2) is 15.2 Å². The predicted molar refractivity (Wildman–Crippen MR) is 139 cm³/mol. The molecule has 1 unspecified atom stereocenters. The number of phenolic OH excluding ortho intramolecular Hbond substituents is 1. The van der Waals surface area contributed by atoms with E-state index in [1.165, 1.54) is 0 Å². The number of nitrogens with zero attached hydrogens (tertiary/aromatic N) is 1. The Morgan fingerprint density at radius 3 is 1.91 bits per heavy atom. The van der Waals surface area contributed by atoms with Crippen LogP contribution in [0.25, 0.3) is 11.5 Å². The second-order valence-corrected chi connectivity index (χ2v) is 8.18. The van der Waals surface area contributed by atoms with Crippen molar-refractivity contribution >= 4 is 34.5 Å². The van der Waals surface area contributed by atoms with Gasteiger partial charge in [0, 0.05) is 22.4 Å². The number of hydrogen-bond acceptors (Lipinski definition) is 4. The van der Waals surface area contributed by atoms with Gasteiger partial charge in [-0.05, 0) is 48.6 Å². The Kier molecular flexibility index (Phi) is 6.14. The van der Waals surface area contributed by atoms with Crippen LogP contribution in [0.4, 0.5) is 5.69 Å². The van der Waals surface area contributed by atoms with Crippen molar-refractivity contribution in [1.82, 2.24) is 10.4 Å². The Bertz CT molecular complexity index is 1290. The lowest BCUT2D eigenvalue weighted by Crippen LogP contribution is -2.43. The highest BCUT2D eigenvalue weighted by Crippen LogP contribution is 2.44. The lowest BCUT2D eigenvalue weighted by Gasteiger charge is -2.29. The molecule has 34 heavy (non-hydrogen) atoms. The van der Waals surface area contributed by atoms with Crippen molar-refractivity contribution in [1.29, 1.82) is 0 Å². The normalized spacial score (nSPS) is 15.1. The molecule has 0 saturated heterocycles. The minimum Gasteiger partial charge on any atom is -0.508 e. The van der Waals surface area contributed by atoms with Crippen LogP contribution in [0.1, 0.15) is 22.9 Å². The van der Waals surface area contributed by atoms with Gasteiger partial charge in [-0.3, -0.25) is 5.43 Å². The molecule has 5 rings (SSSR count). The van der Waals surface area contributed by atoms with E-state index in [4.69, 9.17) is 17.0 Å². The lowest BCUT2D eigenvalue weighted by atomic mass is 10.1. The molecular weight excluding hydrogens is 442 g/mol. The molecule has 0 amide bonds. The Balaban J connectivity index is 1.58. The molecule has 0 spiro atoms. The first-order chi connectivity index (χ1) is 16.7. The van der Waals surface area contributed by atoms with E-state index in [1.807, 2.05) is 108 Å². The minimum atomic E-state index is -0.512. The van der Waals surface area contributed by atoms with Crippen LogP contribution in [0.3, 0.4) is 0 Å². The molecule has 168 valence electrons. The van der Waals surface area contributed by atoms with Gasteiger partial charge in [0.1, 0.15) is 11.4 Å². The maximum Gasteiger partial charge on any atom is 0.216 e. The predicted octanol–water partition coefficient (Wildman–Crippen LogP) is 6.15. The minimum absolute atomic E-state index is 0.196. The SMILES string of the molecule is Oc1ccc(C2OC(c3ccccc3)=C(c3ccccc3)N2NC(=S)Nc2ccccc2)cc1. The molecule has 0 aromatic heterocycles. The number of para-hydroxylation sites is 1. The summed E-state index contributed by atoms with van der Waals surface area (Å²) in [5.74, 6) is 0.932. The molecule has 6 heteroatoms. The average molecular weight is 466 g/mol. The maximum absolute atomic E-state index is 9.82. The van der Waals surface area contributed by atoms with E-state index in [-0.39, 0.29) is 5.75 Å². The number of hydrogen-bond donors (Lipinski definition) is 3. The van der Waals surface area contributed by atoms with Crippen molar-refractivity contribution < 1.29 is 9.84 Å². The molecular formula is C28H23N3O2S. The fourth-order valence-electron chi connectivity index (χ4n) is 3.87. The first kappa shape index (κ1) is 21.6. The molecule has 0 aliphatic carbocycles. The zero-order chi connectivity index (χ0) is 23.3. The number of nitrogens with one attached hydrogen (secondary N) is 2. The lowest BCUT2D eigenvalue weighted by molar-refractivity contribution is 0.0564. The Labute approximate surface area is 203 Å². The summed E-state index contributed by atoms with van der Waals surface area (Å²) in [4.78, 5) is 0. The van der Waals surface area contributed by atoms with Crippen LogP contribution in [0.5, 0.6) is 5.75 Å². The van der Waals surface area contributed by atoms with Crippen molar-refractivity contribution in [3.63, 3.8) is 0 Å². The van der Waals surface area contributed by atoms with Gasteiger partial charge >= 0.3 is 0 Å². The van der Waals surface area contributed by atoms with Crippen LogP contribution in [0.15, 0.2) is 115 Å². The van der Waals surface area contributed by atoms with Gasteiger partial charge in [0.25, 0.3) is 0 Å². The summed E-state index contributed by atoms with van der Waals surface area (Å²) in [7, 11) is 0. The van der Waals surface area contributed by atoms with Crippen molar-refractivity contribution in [2.75, 3.05) is 5.32 Å². The number of aromatic hydroxyl groups is 1. The number of thiocarbonyl (C=S) groups is 1. The number of ether oxygens (including phenoxy) is 1. The molecule has 0 radical (unpaired) electrons. The fraction of sp³-hybridized carbons (Fsp3) is 0.0357. The topological polar surface area (TPSA) is 56.8 Å². The van der Waals surface area contributed by atoms with Crippen molar-refractivity contribution in [3.05, 3.63) is 132 Å². The summed E-state index contributed by atoms with van der Waals surface area (Å²) in [5.41, 5.74) is 7.90. The molecule has 1 atom stereocenters. The maximum atomic E-state index is 9.82. The van der Waals surface area contributed by atoms with E-state index in [2.05, 4.69) is 10.7 Å². The smallest absolute Gasteiger partial charge is 0.216 e. The highest BCUT2D eigenvalue weighted by atomic mass is 32.1. The molecule has 1 heterocycles. The summed E-state index contributed by atoms with van der Waals surface area (Å²) in [5, 5.41) is 15.4. The summed E-state index contributed by atoms with van der Waals surface area (Å²) in [6.45, 7) is 0. The van der Waals surface area contributed by atoms with Gasteiger partial charge < -0.3 is 15.2 Å². The molecule has 1 aliphatic heterocycles. The Hall–Kier alpha value is -4.29. The fourth-order valence-corrected chi connectivity index (χ4v) is 4.08. The van der Waals surface area contributed by atoms with Gasteiger partial charge in [0.2, 0.25) is 6.23 Å². The molecule has 4 aromatic carbocycles. The standard InChI is InChI=1S/C28H23N3O2S/c32-24-18-16-22(17-19-24)27-31(30-28(34)29-23-14-8-3-9-15-23)25(20-10-4-1-5-11-20)26(33-27)21-12-6-2-7-13-21/h1-19,27,32H,(H2,29,30,34). The number of rotatable bonds is 5. The van der Waals surface area contributed by atoms with Crippen LogP contribution in [-0.2, 0) is 4.74 Å². The molecule has 3 N–H and O–H groups in total. The number of benzene rings is 4. The molecule has 5 nitrogen and oxygen atoms in total. The molecule has 0 saturated carbocycles. The molecule has 0 fully saturated rings. The van der Waals surface area contributed by atoms with E-state index in [1.54, 1.807) is 12.1 Å². The molecule has 0 bridgehead atoms. The third kappa shape index (κ3) is 4.58. The Morgan fingerprint density at radius 1 is 0.735 bits per heavy atom. The zero-order valence-corrected chi connectivity index (χ0v) is 19.1. The summed E-state index contributed by atoms with van der Waals surface area (Å²) >= 11 is 5.67. The van der Waals surface area contributed by atoms with Gasteiger partial charge in [0.05, 0.1) is 0 Å². The first-order valence-corrected chi connectivity index (χ1v) is 11.3. The van der Waals surface area contributed by atoms with Crippen LogP contribution in [0.2, 0.25) is 0 Å². The highest BCUT2D eigenvalue weighted by Gasteiger charge is 2.37. The first-order valence-electron chi connectivity index (χ1n) is 10.9. The van der Waals surface area contributed by atoms with E-state index in [0.717, 1.165) is 33.8 Å². The van der Waals surface area contributed by atoms with E-state index in [9.17, 15) is 5.11 Å². The summed E-state index contributed by atoms with van der Waals surface area (Å²) in [6, 6.07) is 36.8. The van der Waals surface area contributed by atoms with E-state index < -0.39 is 6.23 Å². The van der Waals surface area contributed by atoms with Crippen molar-refractivity contribution in [2.24, 2.45) is 0 Å². The number of hydrazine groups is 1. The number of phenols is 1. The monoisotopic (exact) mass is 465 g/mol. The Morgan fingerprint density at radius 2 is 1.29 bits per heavy atom. The summed E-state index contributed by atoms with van der Waals surface area (Å²) in [6.07, 6.45) is -0.512. The second kappa shape index (κ2) is 9.68. The van der Waals surface area contributed by atoms with Crippen molar-refractivity contribution in [3.8, 4) is 5.75 Å². The van der Waals surface area contributed by atoms with Gasteiger partial charge in [-0.25, -0.2) is 5.01 Å². The van der Waals surface area contributed by atoms with Gasteiger partial charge in [-0.1, -0.05) is 78.9 Å². The molecule has 1 aliphatic rings. The van der Waals surface area contributed by atoms with Gasteiger partial charge in [-0.2, -0.15) is 0 Å². The quantitative estimate of drug-likeness (QED) is 0.307. The largest absolute Gasteiger partial charge is 0.508 e.